The van der Waals surface area contributed by atoms with Crippen molar-refractivity contribution in [3.63, 3.8) is 0 Å². The zero-order valence-electron chi connectivity index (χ0n) is 19.4. The Kier molecular flexibility index (Phi) is 6.11. The fourth-order valence-corrected chi connectivity index (χ4v) is 9.19. The van der Waals surface area contributed by atoms with Crippen molar-refractivity contribution >= 4 is 29.2 Å². The van der Waals surface area contributed by atoms with Crippen LogP contribution in [0.1, 0.15) is 39.2 Å². The van der Waals surface area contributed by atoms with E-state index in [1.807, 2.05) is 6.20 Å². The summed E-state index contributed by atoms with van der Waals surface area (Å²) in [7, 11) is -1.86. The van der Waals surface area contributed by atoms with Gasteiger partial charge in [-0.25, -0.2) is 0 Å². The van der Waals surface area contributed by atoms with E-state index in [0.717, 1.165) is 5.69 Å². The van der Waals surface area contributed by atoms with E-state index in [9.17, 15) is 0 Å². The molecule has 31 heavy (non-hydrogen) atoms. The Hall–Kier alpha value is -2.71. The maximum atomic E-state index is 4.83. The summed E-state index contributed by atoms with van der Waals surface area (Å²) >= 11 is 0. The predicted octanol–water partition coefficient (Wildman–Crippen LogP) is 6.87. The minimum Gasteiger partial charge on any atom is -0.256 e. The molecule has 0 spiro atoms. The Morgan fingerprint density at radius 2 is 1.48 bits per heavy atom. The summed E-state index contributed by atoms with van der Waals surface area (Å²) in [6, 6.07) is 30.4. The standard InChI is InChI=1S/C29H33NSi/c1-21(2)20-31(5,25-12-7-6-8-13-25)26-15-16-30-29(19-26)24-17-23-11-9-10-14-27(23)28(18-24)22(3)4/h6-19,21-22H,20H2,1-5H3. The van der Waals surface area contributed by atoms with Crippen LogP contribution in [0.5, 0.6) is 0 Å². The highest BCUT2D eigenvalue weighted by Crippen LogP contribution is 2.31. The minimum atomic E-state index is -1.86. The molecule has 0 aliphatic carbocycles. The van der Waals surface area contributed by atoms with Gasteiger partial charge in [0, 0.05) is 11.8 Å². The van der Waals surface area contributed by atoms with E-state index in [4.69, 9.17) is 4.98 Å². The van der Waals surface area contributed by atoms with Crippen molar-refractivity contribution in [3.05, 3.63) is 90.6 Å². The number of benzene rings is 3. The van der Waals surface area contributed by atoms with Gasteiger partial charge in [0.1, 0.15) is 8.07 Å². The molecule has 0 aliphatic rings. The molecule has 1 heterocycles. The highest BCUT2D eigenvalue weighted by atomic mass is 28.3. The van der Waals surface area contributed by atoms with Crippen LogP contribution in [0.4, 0.5) is 0 Å². The Labute approximate surface area is 188 Å². The summed E-state index contributed by atoms with van der Waals surface area (Å²) < 4.78 is 0. The second kappa shape index (κ2) is 8.80. The average Bonchev–Trinajstić information content (AvgIpc) is 2.78. The van der Waals surface area contributed by atoms with Crippen LogP contribution in [0.3, 0.4) is 0 Å². The monoisotopic (exact) mass is 423 g/mol. The Morgan fingerprint density at radius 1 is 0.774 bits per heavy atom. The van der Waals surface area contributed by atoms with E-state index in [-0.39, 0.29) is 0 Å². The van der Waals surface area contributed by atoms with E-state index in [1.54, 1.807) is 0 Å². The lowest BCUT2D eigenvalue weighted by Gasteiger charge is -2.31. The third kappa shape index (κ3) is 4.36. The van der Waals surface area contributed by atoms with Crippen molar-refractivity contribution in [2.75, 3.05) is 0 Å². The van der Waals surface area contributed by atoms with Crippen LogP contribution < -0.4 is 10.4 Å². The maximum Gasteiger partial charge on any atom is 0.115 e. The largest absolute Gasteiger partial charge is 0.256 e. The first-order valence-corrected chi connectivity index (χ1v) is 14.1. The van der Waals surface area contributed by atoms with Crippen LogP contribution in [0, 0.1) is 5.92 Å². The van der Waals surface area contributed by atoms with Crippen molar-refractivity contribution in [2.45, 2.75) is 46.2 Å². The molecule has 1 nitrogen and oxygen atoms in total. The summed E-state index contributed by atoms with van der Waals surface area (Å²) in [6.07, 6.45) is 2.02. The Morgan fingerprint density at radius 3 is 2.19 bits per heavy atom. The molecule has 4 aromatic rings. The molecular weight excluding hydrogens is 390 g/mol. The van der Waals surface area contributed by atoms with Crippen molar-refractivity contribution in [1.29, 1.82) is 0 Å². The number of nitrogens with zero attached hydrogens (tertiary/aromatic N) is 1. The van der Waals surface area contributed by atoms with Crippen molar-refractivity contribution in [3.8, 4) is 11.3 Å². The summed E-state index contributed by atoms with van der Waals surface area (Å²) in [5.41, 5.74) is 3.70. The molecule has 0 radical (unpaired) electrons. The summed E-state index contributed by atoms with van der Waals surface area (Å²) in [5.74, 6) is 1.12. The maximum absolute atomic E-state index is 4.83. The highest BCUT2D eigenvalue weighted by Gasteiger charge is 2.33. The molecular formula is C29H33NSi. The third-order valence-corrected chi connectivity index (χ3v) is 11.3. The van der Waals surface area contributed by atoms with Gasteiger partial charge in [0.15, 0.2) is 0 Å². The van der Waals surface area contributed by atoms with Gasteiger partial charge in [0.05, 0.1) is 5.69 Å². The second-order valence-corrected chi connectivity index (χ2v) is 13.9. The lowest BCUT2D eigenvalue weighted by molar-refractivity contribution is 0.724. The molecule has 0 N–H and O–H groups in total. The summed E-state index contributed by atoms with van der Waals surface area (Å²) in [5, 5.41) is 5.61. The number of aromatic nitrogens is 1. The fraction of sp³-hybridized carbons (Fsp3) is 0.276. The Bertz CT molecular complexity index is 1180. The number of fused-ring (bicyclic) bond motifs is 1. The van der Waals surface area contributed by atoms with Gasteiger partial charge >= 0.3 is 0 Å². The highest BCUT2D eigenvalue weighted by molar-refractivity contribution is 7.01. The molecule has 0 bridgehead atoms. The Balaban J connectivity index is 1.86. The number of pyridine rings is 1. The molecule has 0 saturated heterocycles. The van der Waals surface area contributed by atoms with Crippen LogP contribution in [0.25, 0.3) is 22.0 Å². The number of rotatable bonds is 6. The lowest BCUT2D eigenvalue weighted by atomic mass is 9.93. The zero-order chi connectivity index (χ0) is 22.0. The van der Waals surface area contributed by atoms with E-state index >= 15 is 0 Å². The van der Waals surface area contributed by atoms with Crippen LogP contribution in [0.2, 0.25) is 12.6 Å². The molecule has 0 fully saturated rings. The molecule has 1 atom stereocenters. The molecule has 0 saturated carbocycles. The smallest absolute Gasteiger partial charge is 0.115 e. The zero-order valence-corrected chi connectivity index (χ0v) is 20.4. The molecule has 4 rings (SSSR count). The van der Waals surface area contributed by atoms with E-state index in [0.29, 0.717) is 11.8 Å². The first-order valence-electron chi connectivity index (χ1n) is 11.4. The average molecular weight is 424 g/mol. The van der Waals surface area contributed by atoms with Crippen LogP contribution in [0.15, 0.2) is 85.1 Å². The molecule has 158 valence electrons. The quantitative estimate of drug-likeness (QED) is 0.308. The number of hydrogen-bond acceptors (Lipinski definition) is 1. The van der Waals surface area contributed by atoms with Crippen LogP contribution in [-0.4, -0.2) is 13.1 Å². The van der Waals surface area contributed by atoms with Gasteiger partial charge in [-0.3, -0.25) is 4.98 Å². The van der Waals surface area contributed by atoms with Gasteiger partial charge in [-0.05, 0) is 58.5 Å². The summed E-state index contributed by atoms with van der Waals surface area (Å²) in [4.78, 5) is 4.83. The summed E-state index contributed by atoms with van der Waals surface area (Å²) in [6.45, 7) is 11.7. The van der Waals surface area contributed by atoms with Crippen molar-refractivity contribution in [1.82, 2.24) is 4.98 Å². The van der Waals surface area contributed by atoms with Gasteiger partial charge in [-0.15, -0.1) is 0 Å². The SMILES string of the molecule is CC(C)C[Si](C)(c1ccccc1)c1ccnc(-c2cc(C(C)C)c3ccccc3c2)c1. The van der Waals surface area contributed by atoms with E-state index in [1.165, 1.54) is 38.3 Å². The molecule has 3 aromatic carbocycles. The van der Waals surface area contributed by atoms with Gasteiger partial charge in [0.25, 0.3) is 0 Å². The van der Waals surface area contributed by atoms with Crippen molar-refractivity contribution in [2.24, 2.45) is 5.92 Å². The lowest BCUT2D eigenvalue weighted by Crippen LogP contribution is -2.56. The first kappa shape index (κ1) is 21.5. The van der Waals surface area contributed by atoms with Gasteiger partial charge in [0.2, 0.25) is 0 Å². The topological polar surface area (TPSA) is 12.9 Å². The minimum absolute atomic E-state index is 0.470. The van der Waals surface area contributed by atoms with Crippen LogP contribution in [-0.2, 0) is 0 Å². The van der Waals surface area contributed by atoms with Crippen LogP contribution >= 0.6 is 0 Å². The van der Waals surface area contributed by atoms with E-state index in [2.05, 4.69) is 113 Å². The van der Waals surface area contributed by atoms with E-state index < -0.39 is 8.07 Å². The second-order valence-electron chi connectivity index (χ2n) is 9.67. The molecule has 1 aromatic heterocycles. The molecule has 2 heteroatoms. The molecule has 0 aliphatic heterocycles. The molecule has 1 unspecified atom stereocenters. The predicted molar refractivity (Wildman–Crippen MR) is 138 cm³/mol. The van der Waals surface area contributed by atoms with Gasteiger partial charge < -0.3 is 0 Å². The van der Waals surface area contributed by atoms with Crippen molar-refractivity contribution < 1.29 is 0 Å². The van der Waals surface area contributed by atoms with Gasteiger partial charge in [-0.1, -0.05) is 99.2 Å². The first-order chi connectivity index (χ1) is 14.9. The third-order valence-electron chi connectivity index (χ3n) is 6.44. The van der Waals surface area contributed by atoms with Gasteiger partial charge in [-0.2, -0.15) is 0 Å². The molecule has 0 amide bonds. The normalized spacial score (nSPS) is 13.6. The number of hydrogen-bond donors (Lipinski definition) is 0. The fourth-order valence-electron chi connectivity index (χ4n) is 4.92.